The molecule has 0 saturated heterocycles. The lowest BCUT2D eigenvalue weighted by molar-refractivity contribution is -0.152. The van der Waals surface area contributed by atoms with E-state index in [2.05, 4.69) is 36.6 Å². The number of benzene rings is 2. The number of hydrogen-bond donors (Lipinski definition) is 1. The number of esters is 1. The van der Waals surface area contributed by atoms with E-state index in [9.17, 15) is 19.5 Å². The van der Waals surface area contributed by atoms with E-state index in [1.165, 1.54) is 7.11 Å². The van der Waals surface area contributed by atoms with Gasteiger partial charge < -0.3 is 28.8 Å². The molecule has 9 nitrogen and oxygen atoms in total. The van der Waals surface area contributed by atoms with Crippen LogP contribution in [0.15, 0.2) is 38.8 Å². The number of aliphatic hydroxyl groups excluding tert-OH is 1. The molecule has 202 valence electrons. The Morgan fingerprint density at radius 3 is 2.03 bits per heavy atom. The predicted molar refractivity (Wildman–Crippen MR) is 146 cm³/mol. The first-order chi connectivity index (χ1) is 16.7. The van der Waals surface area contributed by atoms with Gasteiger partial charge in [-0.1, -0.05) is 14.9 Å². The number of aliphatic hydroxyl groups is 1. The van der Waals surface area contributed by atoms with Crippen molar-refractivity contribution >= 4 is 55.2 Å². The molecule has 1 N–H and O–H groups in total. The second kappa shape index (κ2) is 14.0. The largest absolute Gasteiger partial charge is 0.507 e. The normalized spacial score (nSPS) is 13.1. The molecule has 0 unspecified atom stereocenters. The van der Waals surface area contributed by atoms with Crippen molar-refractivity contribution in [3.63, 3.8) is 0 Å². The molecule has 0 fully saturated rings. The summed E-state index contributed by atoms with van der Waals surface area (Å²) in [4.78, 5) is 34.9. The number of carbonyl (C=O) groups excluding carboxylic acids is 3. The third kappa shape index (κ3) is 7.04. The number of halogens is 2. The zero-order valence-corrected chi connectivity index (χ0v) is 22.3. The molecule has 0 amide bonds. The van der Waals surface area contributed by atoms with Crippen LogP contribution in [0.2, 0.25) is 0 Å². The molecule has 37 heavy (non-hydrogen) atoms. The molecule has 0 aromatic heterocycles. The van der Waals surface area contributed by atoms with Gasteiger partial charge in [0.2, 0.25) is 0 Å². The molecule has 0 aliphatic carbocycles. The Hall–Kier alpha value is -3.05. The lowest BCUT2D eigenvalue weighted by Crippen LogP contribution is -2.26. The summed E-state index contributed by atoms with van der Waals surface area (Å²) in [5, 5.41) is 10.2. The minimum absolute atomic E-state index is 0. The topological polar surface area (TPSA) is 118 Å². The fraction of sp³-hybridized carbons (Fsp3) is 0.346. The number of methoxy groups -OCH3 is 2. The Labute approximate surface area is 232 Å². The Bertz CT molecular complexity index is 1210. The molecular weight excluding hydrogens is 616 g/mol. The lowest BCUT2D eigenvalue weighted by Gasteiger charge is -2.20. The number of ketones is 2. The quantitative estimate of drug-likeness (QED) is 0.311. The van der Waals surface area contributed by atoms with Gasteiger partial charge in [0.25, 0.3) is 5.78 Å². The van der Waals surface area contributed by atoms with Crippen LogP contribution < -0.4 is 18.9 Å². The molecule has 11 heteroatoms. The van der Waals surface area contributed by atoms with Crippen LogP contribution in [0.5, 0.6) is 23.0 Å². The number of carbonyl (C=O) groups is 3. The highest BCUT2D eigenvalue weighted by atomic mass is 79.9. The van der Waals surface area contributed by atoms with Crippen molar-refractivity contribution < 1.29 is 43.2 Å². The van der Waals surface area contributed by atoms with Crippen molar-refractivity contribution in [1.82, 2.24) is 0 Å². The van der Waals surface area contributed by atoms with Crippen molar-refractivity contribution in [2.24, 2.45) is 0 Å². The molecular formula is C26H30Br2O9. The summed E-state index contributed by atoms with van der Waals surface area (Å²) in [6.07, 6.45) is 0.450. The van der Waals surface area contributed by atoms with E-state index < -0.39 is 11.8 Å². The minimum atomic E-state index is -1.02. The first-order valence-electron chi connectivity index (χ1n) is 10.4. The molecule has 2 heterocycles. The van der Waals surface area contributed by atoms with Gasteiger partial charge in [-0.15, -0.1) is 0 Å². The van der Waals surface area contributed by atoms with Crippen LogP contribution in [-0.4, -0.2) is 56.7 Å². The fourth-order valence-corrected chi connectivity index (χ4v) is 4.30. The Kier molecular flexibility index (Phi) is 12.1. The number of Topliss-reactive ketones (excluding diaryl/α,β-unsaturated/α-hetero) is 2. The zero-order valence-electron chi connectivity index (χ0n) is 19.1. The van der Waals surface area contributed by atoms with Crippen LogP contribution in [0.25, 0.3) is 5.76 Å². The second-order valence-electron chi connectivity index (χ2n) is 7.15. The van der Waals surface area contributed by atoms with Crippen LogP contribution in [0.3, 0.4) is 0 Å². The highest BCUT2D eigenvalue weighted by Gasteiger charge is 2.30. The molecule has 0 spiro atoms. The number of rotatable bonds is 5. The summed E-state index contributed by atoms with van der Waals surface area (Å²) in [5.74, 6) is 0.0901. The van der Waals surface area contributed by atoms with E-state index in [4.69, 9.17) is 18.9 Å². The Balaban J connectivity index is 0.000000375. The molecule has 0 bridgehead atoms. The van der Waals surface area contributed by atoms with Crippen molar-refractivity contribution in [2.45, 2.75) is 28.2 Å². The zero-order chi connectivity index (χ0) is 25.7. The first kappa shape index (κ1) is 32.0. The lowest BCUT2D eigenvalue weighted by atomic mass is 10.0. The average Bonchev–Trinajstić information content (AvgIpc) is 2.84. The molecule has 2 aliphatic heterocycles. The molecule has 0 radical (unpaired) electrons. The van der Waals surface area contributed by atoms with Gasteiger partial charge in [0.05, 0.1) is 53.1 Å². The van der Waals surface area contributed by atoms with Crippen molar-refractivity contribution in [1.29, 1.82) is 0 Å². The summed E-state index contributed by atoms with van der Waals surface area (Å²) in [7, 11) is 3.08. The SMILES string of the molecule is C.C.CCOC(=O)C(=O)C1=C(O)c2cc(Br)c(OC)cc2OC1.COc1cc2c(cc1Br)C(=O)CCO2. The fourth-order valence-electron chi connectivity index (χ4n) is 3.29. The van der Waals surface area contributed by atoms with Crippen LogP contribution in [0.4, 0.5) is 0 Å². The third-order valence-electron chi connectivity index (χ3n) is 5.04. The number of ether oxygens (including phenoxy) is 5. The second-order valence-corrected chi connectivity index (χ2v) is 8.86. The first-order valence-corrected chi connectivity index (χ1v) is 12.0. The summed E-state index contributed by atoms with van der Waals surface area (Å²) >= 11 is 6.61. The van der Waals surface area contributed by atoms with E-state index in [0.29, 0.717) is 51.6 Å². The molecule has 4 rings (SSSR count). The van der Waals surface area contributed by atoms with E-state index in [0.717, 1.165) is 4.47 Å². The van der Waals surface area contributed by atoms with Gasteiger partial charge >= 0.3 is 5.97 Å². The van der Waals surface area contributed by atoms with Gasteiger partial charge in [-0.2, -0.15) is 0 Å². The van der Waals surface area contributed by atoms with Crippen molar-refractivity contribution in [2.75, 3.05) is 34.0 Å². The minimum Gasteiger partial charge on any atom is -0.507 e. The molecule has 2 aromatic carbocycles. The summed E-state index contributed by atoms with van der Waals surface area (Å²) < 4.78 is 27.0. The molecule has 0 saturated carbocycles. The van der Waals surface area contributed by atoms with Gasteiger partial charge in [-0.25, -0.2) is 4.79 Å². The summed E-state index contributed by atoms with van der Waals surface area (Å²) in [6.45, 7) is 1.92. The predicted octanol–water partition coefficient (Wildman–Crippen LogP) is 5.95. The molecule has 0 atom stereocenters. The summed E-state index contributed by atoms with van der Waals surface area (Å²) in [6, 6.07) is 6.62. The van der Waals surface area contributed by atoms with Crippen LogP contribution in [0.1, 0.15) is 44.1 Å². The van der Waals surface area contributed by atoms with Gasteiger partial charge in [0.15, 0.2) is 5.78 Å². The Morgan fingerprint density at radius 1 is 0.946 bits per heavy atom. The van der Waals surface area contributed by atoms with Gasteiger partial charge in [0, 0.05) is 18.6 Å². The Morgan fingerprint density at radius 2 is 1.49 bits per heavy atom. The third-order valence-corrected chi connectivity index (χ3v) is 6.28. The standard InChI is InChI=1S/C14H13BrO6.C10H9BrO3.2CH4/c1-3-20-14(18)13(17)8-6-21-10-5-11(19-2)9(15)4-7(10)12(8)16;1-13-10-5-9-6(4-7(10)11)8(12)2-3-14-9;;/h4-5,16H,3,6H2,1-2H3;4-5H,2-3H2,1H3;2*1H4. The maximum absolute atomic E-state index is 11.9. The van der Waals surface area contributed by atoms with Gasteiger partial charge in [0.1, 0.15) is 35.4 Å². The van der Waals surface area contributed by atoms with Gasteiger partial charge in [-0.3, -0.25) is 9.59 Å². The average molecular weight is 646 g/mol. The summed E-state index contributed by atoms with van der Waals surface area (Å²) in [5.41, 5.74) is 0.809. The van der Waals surface area contributed by atoms with Gasteiger partial charge in [-0.05, 0) is 50.9 Å². The maximum atomic E-state index is 11.9. The smallest absolute Gasteiger partial charge is 0.379 e. The van der Waals surface area contributed by atoms with E-state index >= 15 is 0 Å². The van der Waals surface area contributed by atoms with E-state index in [1.807, 2.05) is 0 Å². The number of hydrogen-bond acceptors (Lipinski definition) is 9. The maximum Gasteiger partial charge on any atom is 0.379 e. The van der Waals surface area contributed by atoms with Crippen molar-refractivity contribution in [3.8, 4) is 23.0 Å². The van der Waals surface area contributed by atoms with E-state index in [1.54, 1.807) is 38.3 Å². The molecule has 2 aliphatic rings. The highest BCUT2D eigenvalue weighted by molar-refractivity contribution is 9.10. The van der Waals surface area contributed by atoms with Crippen LogP contribution in [-0.2, 0) is 14.3 Å². The van der Waals surface area contributed by atoms with E-state index in [-0.39, 0.29) is 45.2 Å². The van der Waals surface area contributed by atoms with Crippen molar-refractivity contribution in [3.05, 3.63) is 49.9 Å². The molecule has 2 aromatic rings. The number of fused-ring (bicyclic) bond motifs is 2. The highest BCUT2D eigenvalue weighted by Crippen LogP contribution is 2.39. The van der Waals surface area contributed by atoms with Crippen LogP contribution in [0, 0.1) is 0 Å². The van der Waals surface area contributed by atoms with Crippen LogP contribution >= 0.6 is 31.9 Å². The monoisotopic (exact) mass is 644 g/mol.